The van der Waals surface area contributed by atoms with E-state index in [9.17, 15) is 8.42 Å². The zero-order chi connectivity index (χ0) is 19.8. The van der Waals surface area contributed by atoms with Crippen molar-refractivity contribution in [1.29, 1.82) is 0 Å². The van der Waals surface area contributed by atoms with E-state index in [0.29, 0.717) is 28.5 Å². The highest BCUT2D eigenvalue weighted by Crippen LogP contribution is 2.22. The molecule has 0 aliphatic carbocycles. The molecule has 0 amide bonds. The van der Waals surface area contributed by atoms with Gasteiger partial charge in [0, 0.05) is 25.5 Å². The Bertz CT molecular complexity index is 1050. The van der Waals surface area contributed by atoms with Crippen LogP contribution < -0.4 is 4.72 Å². The average molecular weight is 389 g/mol. The fourth-order valence-corrected chi connectivity index (χ4v) is 4.40. The monoisotopic (exact) mass is 389 g/mol. The van der Waals surface area contributed by atoms with E-state index in [2.05, 4.69) is 24.9 Å². The van der Waals surface area contributed by atoms with Crippen molar-refractivity contribution in [2.24, 2.45) is 7.05 Å². The molecule has 0 fully saturated rings. The molecule has 144 valence electrons. The minimum Gasteiger partial charge on any atom is -0.271 e. The molecular weight excluding hydrogens is 366 g/mol. The smallest absolute Gasteiger partial charge is 0.244 e. The van der Waals surface area contributed by atoms with E-state index in [0.717, 1.165) is 0 Å². The zero-order valence-electron chi connectivity index (χ0n) is 16.0. The molecule has 0 spiro atoms. The van der Waals surface area contributed by atoms with Crippen LogP contribution in [0.3, 0.4) is 0 Å². The van der Waals surface area contributed by atoms with Crippen LogP contribution >= 0.6 is 0 Å². The molecular formula is C17H23N7O2S. The van der Waals surface area contributed by atoms with Crippen molar-refractivity contribution in [3.05, 3.63) is 41.7 Å². The van der Waals surface area contributed by atoms with Gasteiger partial charge in [0.25, 0.3) is 0 Å². The van der Waals surface area contributed by atoms with Gasteiger partial charge in [-0.3, -0.25) is 19.3 Å². The summed E-state index contributed by atoms with van der Waals surface area (Å²) >= 11 is 0. The van der Waals surface area contributed by atoms with Crippen LogP contribution in [0.1, 0.15) is 37.0 Å². The normalized spacial score (nSPS) is 12.1. The maximum absolute atomic E-state index is 12.9. The molecule has 3 rings (SSSR count). The molecule has 10 heteroatoms. The van der Waals surface area contributed by atoms with E-state index in [4.69, 9.17) is 0 Å². The highest BCUT2D eigenvalue weighted by atomic mass is 32.2. The lowest BCUT2D eigenvalue weighted by molar-refractivity contribution is 0.514. The van der Waals surface area contributed by atoms with Gasteiger partial charge in [0.2, 0.25) is 10.0 Å². The highest BCUT2D eigenvalue weighted by Gasteiger charge is 2.25. The Balaban J connectivity index is 1.84. The van der Waals surface area contributed by atoms with Crippen molar-refractivity contribution in [1.82, 2.24) is 34.3 Å². The molecule has 3 aromatic rings. The number of nitrogens with zero attached hydrogens (tertiary/aromatic N) is 6. The molecule has 0 saturated carbocycles. The second-order valence-corrected chi connectivity index (χ2v) is 8.30. The molecule has 0 bridgehead atoms. The van der Waals surface area contributed by atoms with Gasteiger partial charge in [0.15, 0.2) is 0 Å². The van der Waals surface area contributed by atoms with Gasteiger partial charge in [0.05, 0.1) is 29.8 Å². The van der Waals surface area contributed by atoms with Crippen LogP contribution in [0, 0.1) is 13.8 Å². The number of hydrogen-bond donors (Lipinski definition) is 1. The van der Waals surface area contributed by atoms with Crippen LogP contribution in [0.4, 0.5) is 0 Å². The molecule has 27 heavy (non-hydrogen) atoms. The molecule has 0 unspecified atom stereocenters. The molecule has 0 aromatic carbocycles. The van der Waals surface area contributed by atoms with E-state index in [1.807, 2.05) is 13.8 Å². The Morgan fingerprint density at radius 1 is 1.15 bits per heavy atom. The van der Waals surface area contributed by atoms with Crippen LogP contribution in [0.25, 0.3) is 11.4 Å². The summed E-state index contributed by atoms with van der Waals surface area (Å²) in [5.41, 5.74) is 3.09. The molecule has 0 atom stereocenters. The fourth-order valence-electron chi connectivity index (χ4n) is 3.01. The maximum atomic E-state index is 12.9. The molecule has 3 aromatic heterocycles. The van der Waals surface area contributed by atoms with E-state index in [1.54, 1.807) is 54.9 Å². The van der Waals surface area contributed by atoms with Crippen LogP contribution in [0.2, 0.25) is 0 Å². The van der Waals surface area contributed by atoms with Crippen molar-refractivity contribution < 1.29 is 8.42 Å². The summed E-state index contributed by atoms with van der Waals surface area (Å²) in [5, 5.41) is 8.74. The third-order valence-electron chi connectivity index (χ3n) is 4.26. The minimum absolute atomic E-state index is 0.0827. The second kappa shape index (κ2) is 7.20. The van der Waals surface area contributed by atoms with Crippen LogP contribution in [0.15, 0.2) is 29.6 Å². The van der Waals surface area contributed by atoms with Crippen molar-refractivity contribution >= 4 is 10.0 Å². The average Bonchev–Trinajstić information content (AvgIpc) is 3.14. The molecule has 3 heterocycles. The lowest BCUT2D eigenvalue weighted by atomic mass is 10.3. The molecule has 9 nitrogen and oxygen atoms in total. The summed E-state index contributed by atoms with van der Waals surface area (Å²) in [6.07, 6.45) is 4.79. The topological polar surface area (TPSA) is 108 Å². The standard InChI is InChI=1S/C17H23N7O2S/c1-11(2)24-13(4)17(12(3)21-24)27(25,26)20-9-14-8-15(22-23(14)5)16-10-18-6-7-19-16/h6-8,10-11,20H,9H2,1-5H3. The fraction of sp³-hybridized carbons (Fsp3) is 0.412. The molecule has 1 N–H and O–H groups in total. The van der Waals surface area contributed by atoms with Gasteiger partial charge in [-0.05, 0) is 33.8 Å². The summed E-state index contributed by atoms with van der Waals surface area (Å²) in [6.45, 7) is 7.51. The zero-order valence-corrected chi connectivity index (χ0v) is 16.8. The summed E-state index contributed by atoms with van der Waals surface area (Å²) < 4.78 is 31.7. The number of aromatic nitrogens is 6. The summed E-state index contributed by atoms with van der Waals surface area (Å²) in [7, 11) is -1.95. The lowest BCUT2D eigenvalue weighted by Crippen LogP contribution is -2.25. The van der Waals surface area contributed by atoms with Crippen molar-refractivity contribution in [2.75, 3.05) is 0 Å². The number of aryl methyl sites for hydroxylation is 2. The number of rotatable bonds is 6. The molecule has 0 aliphatic rings. The van der Waals surface area contributed by atoms with Crippen molar-refractivity contribution in [2.45, 2.75) is 45.2 Å². The van der Waals surface area contributed by atoms with Gasteiger partial charge in [-0.25, -0.2) is 13.1 Å². The van der Waals surface area contributed by atoms with E-state index in [-0.39, 0.29) is 17.5 Å². The first kappa shape index (κ1) is 19.2. The maximum Gasteiger partial charge on any atom is 0.244 e. The van der Waals surface area contributed by atoms with Gasteiger partial charge in [-0.2, -0.15) is 10.2 Å². The Morgan fingerprint density at radius 3 is 2.48 bits per heavy atom. The minimum atomic E-state index is -3.71. The number of hydrogen-bond acceptors (Lipinski definition) is 6. The second-order valence-electron chi connectivity index (χ2n) is 6.60. The number of nitrogens with one attached hydrogen (secondary N) is 1. The molecule has 0 saturated heterocycles. The van der Waals surface area contributed by atoms with Crippen LogP contribution in [-0.2, 0) is 23.6 Å². The van der Waals surface area contributed by atoms with Crippen LogP contribution in [0.5, 0.6) is 0 Å². The third-order valence-corrected chi connectivity index (χ3v) is 5.91. The van der Waals surface area contributed by atoms with Crippen molar-refractivity contribution in [3.63, 3.8) is 0 Å². The predicted octanol–water partition coefficient (Wildman–Crippen LogP) is 1.75. The van der Waals surface area contributed by atoms with Crippen molar-refractivity contribution in [3.8, 4) is 11.4 Å². The van der Waals surface area contributed by atoms with Gasteiger partial charge < -0.3 is 0 Å². The first-order valence-electron chi connectivity index (χ1n) is 8.55. The lowest BCUT2D eigenvalue weighted by Gasteiger charge is -2.10. The first-order valence-corrected chi connectivity index (χ1v) is 10.0. The summed E-state index contributed by atoms with van der Waals surface area (Å²) in [4.78, 5) is 8.47. The van der Waals surface area contributed by atoms with E-state index < -0.39 is 10.0 Å². The largest absolute Gasteiger partial charge is 0.271 e. The molecule has 0 radical (unpaired) electrons. The quantitative estimate of drug-likeness (QED) is 0.688. The number of sulfonamides is 1. The Kier molecular flexibility index (Phi) is 5.11. The van der Waals surface area contributed by atoms with Gasteiger partial charge >= 0.3 is 0 Å². The predicted molar refractivity (Wildman–Crippen MR) is 100 cm³/mol. The van der Waals surface area contributed by atoms with E-state index in [1.165, 1.54) is 0 Å². The Morgan fingerprint density at radius 2 is 1.89 bits per heavy atom. The van der Waals surface area contributed by atoms with E-state index >= 15 is 0 Å². The van der Waals surface area contributed by atoms with Gasteiger partial charge in [-0.1, -0.05) is 0 Å². The third kappa shape index (κ3) is 3.76. The first-order chi connectivity index (χ1) is 12.7. The van der Waals surface area contributed by atoms with Crippen LogP contribution in [-0.4, -0.2) is 37.9 Å². The Hall–Kier alpha value is -2.59. The Labute approximate surface area is 158 Å². The van der Waals surface area contributed by atoms with Gasteiger partial charge in [0.1, 0.15) is 16.3 Å². The SMILES string of the molecule is Cc1nn(C(C)C)c(C)c1S(=O)(=O)NCc1cc(-c2cnccn2)nn1C. The summed E-state index contributed by atoms with van der Waals surface area (Å²) in [5.74, 6) is 0. The van der Waals surface area contributed by atoms with Gasteiger partial charge in [-0.15, -0.1) is 0 Å². The summed E-state index contributed by atoms with van der Waals surface area (Å²) in [6, 6.07) is 1.88. The highest BCUT2D eigenvalue weighted by molar-refractivity contribution is 7.89. The molecule has 0 aliphatic heterocycles.